The van der Waals surface area contributed by atoms with Crippen molar-refractivity contribution in [3.05, 3.63) is 58.4 Å². The van der Waals surface area contributed by atoms with E-state index in [2.05, 4.69) is 11.0 Å². The van der Waals surface area contributed by atoms with E-state index in [1.807, 2.05) is 41.3 Å². The average molecular weight is 440 g/mol. The topological polar surface area (TPSA) is 64.0 Å². The molecule has 1 saturated heterocycles. The fourth-order valence-corrected chi connectivity index (χ4v) is 5.18. The smallest absolute Gasteiger partial charge is 0.268 e. The molecular formula is C23H25N3O4S. The third-order valence-corrected chi connectivity index (χ3v) is 6.99. The van der Waals surface area contributed by atoms with Gasteiger partial charge in [0.1, 0.15) is 0 Å². The number of ether oxygens (including phenoxy) is 2. The number of fused-ring (bicyclic) bond motifs is 2. The Kier molecular flexibility index (Phi) is 5.65. The molecule has 5 rings (SSSR count). The number of carbonyl (C=O) groups is 1. The highest BCUT2D eigenvalue weighted by atomic mass is 32.1. The van der Waals surface area contributed by atoms with E-state index in [-0.39, 0.29) is 18.3 Å². The molecule has 0 N–H and O–H groups in total. The number of piperazine rings is 1. The minimum atomic E-state index is 0.0465. The summed E-state index contributed by atoms with van der Waals surface area (Å²) in [5, 5.41) is 0.761. The van der Waals surface area contributed by atoms with Crippen LogP contribution in [0.3, 0.4) is 0 Å². The third-order valence-electron chi connectivity index (χ3n) is 5.87. The number of carbonyl (C=O) groups excluding carboxylic acids is 1. The second-order valence-corrected chi connectivity index (χ2v) is 9.01. The van der Waals surface area contributed by atoms with Gasteiger partial charge in [0.05, 0.1) is 10.1 Å². The van der Waals surface area contributed by atoms with E-state index in [1.165, 1.54) is 17.1 Å². The Labute approximate surface area is 184 Å². The highest BCUT2D eigenvalue weighted by molar-refractivity contribution is 7.13. The Morgan fingerprint density at radius 3 is 2.65 bits per heavy atom. The van der Waals surface area contributed by atoms with Gasteiger partial charge < -0.3 is 14.4 Å². The lowest BCUT2D eigenvalue weighted by molar-refractivity contribution is -0.133. The Hall–Kier alpha value is -2.84. The second kappa shape index (κ2) is 8.72. The molecule has 31 heavy (non-hydrogen) atoms. The number of aromatic nitrogens is 1. The standard InChI is InChI=1S/C23H25N3O4S/c27-22(6-3-9-26-23(28)18-4-1-2-5-21(18)31-26)25-12-10-24(11-13-25)15-17-7-8-19-20(14-17)30-16-29-19/h1-2,4-5,7-8,14H,3,6,9-13,15-16H2. The van der Waals surface area contributed by atoms with Crippen LogP contribution in [-0.2, 0) is 17.9 Å². The SMILES string of the molecule is O=C(CCCn1sc2ccccc2c1=O)N1CCN(Cc2ccc3c(c2)OCO3)CC1. The summed E-state index contributed by atoms with van der Waals surface area (Å²) in [7, 11) is 0. The van der Waals surface area contributed by atoms with Crippen molar-refractivity contribution < 1.29 is 14.3 Å². The quantitative estimate of drug-likeness (QED) is 0.591. The van der Waals surface area contributed by atoms with Gasteiger partial charge in [-0.3, -0.25) is 18.4 Å². The summed E-state index contributed by atoms with van der Waals surface area (Å²) in [5.41, 5.74) is 1.24. The molecular weight excluding hydrogens is 414 g/mol. The largest absolute Gasteiger partial charge is 0.454 e. The van der Waals surface area contributed by atoms with Gasteiger partial charge in [-0.25, -0.2) is 0 Å². The predicted molar refractivity (Wildman–Crippen MR) is 120 cm³/mol. The summed E-state index contributed by atoms with van der Waals surface area (Å²) < 4.78 is 13.6. The summed E-state index contributed by atoms with van der Waals surface area (Å²) in [4.78, 5) is 29.4. The van der Waals surface area contributed by atoms with Crippen molar-refractivity contribution in [3.63, 3.8) is 0 Å². The van der Waals surface area contributed by atoms with Crippen molar-refractivity contribution in [2.24, 2.45) is 0 Å². The normalized spacial score (nSPS) is 16.2. The van der Waals surface area contributed by atoms with Crippen LogP contribution in [0, 0.1) is 0 Å². The molecule has 2 aromatic carbocycles. The molecule has 3 aromatic rings. The molecule has 0 saturated carbocycles. The molecule has 162 valence electrons. The van der Waals surface area contributed by atoms with Gasteiger partial charge in [0.15, 0.2) is 11.5 Å². The summed E-state index contributed by atoms with van der Waals surface area (Å²) >= 11 is 1.48. The van der Waals surface area contributed by atoms with Crippen molar-refractivity contribution in [3.8, 4) is 11.5 Å². The van der Waals surface area contributed by atoms with Crippen LogP contribution in [0.2, 0.25) is 0 Å². The zero-order chi connectivity index (χ0) is 21.2. The zero-order valence-electron chi connectivity index (χ0n) is 17.3. The molecule has 0 atom stereocenters. The van der Waals surface area contributed by atoms with Crippen LogP contribution in [0.15, 0.2) is 47.3 Å². The van der Waals surface area contributed by atoms with Crippen LogP contribution in [-0.4, -0.2) is 52.6 Å². The Morgan fingerprint density at radius 2 is 1.81 bits per heavy atom. The molecule has 1 amide bonds. The average Bonchev–Trinajstić information content (AvgIpc) is 3.38. The van der Waals surface area contributed by atoms with Crippen LogP contribution in [0.1, 0.15) is 18.4 Å². The minimum Gasteiger partial charge on any atom is -0.454 e. The van der Waals surface area contributed by atoms with Gasteiger partial charge in [0.2, 0.25) is 12.7 Å². The van der Waals surface area contributed by atoms with Crippen LogP contribution >= 0.6 is 11.5 Å². The fourth-order valence-electron chi connectivity index (χ4n) is 4.15. The molecule has 0 bridgehead atoms. The predicted octanol–water partition coefficient (Wildman–Crippen LogP) is 2.92. The monoisotopic (exact) mass is 439 g/mol. The van der Waals surface area contributed by atoms with Crippen LogP contribution < -0.4 is 15.0 Å². The third kappa shape index (κ3) is 4.31. The molecule has 0 unspecified atom stereocenters. The Balaban J connectivity index is 1.08. The number of rotatable bonds is 6. The maximum absolute atomic E-state index is 12.6. The van der Waals surface area contributed by atoms with Gasteiger partial charge >= 0.3 is 0 Å². The fraction of sp³-hybridized carbons (Fsp3) is 0.391. The zero-order valence-corrected chi connectivity index (χ0v) is 18.1. The molecule has 3 heterocycles. The molecule has 8 heteroatoms. The van der Waals surface area contributed by atoms with Crippen LogP contribution in [0.5, 0.6) is 11.5 Å². The van der Waals surface area contributed by atoms with E-state index in [1.54, 1.807) is 3.96 Å². The van der Waals surface area contributed by atoms with Gasteiger partial charge in [-0.05, 0) is 36.2 Å². The first kappa shape index (κ1) is 20.1. The lowest BCUT2D eigenvalue weighted by atomic mass is 10.1. The van der Waals surface area contributed by atoms with Crippen molar-refractivity contribution in [2.75, 3.05) is 33.0 Å². The highest BCUT2D eigenvalue weighted by Crippen LogP contribution is 2.32. The van der Waals surface area contributed by atoms with E-state index in [0.29, 0.717) is 19.4 Å². The number of aryl methyl sites for hydroxylation is 1. The van der Waals surface area contributed by atoms with Crippen LogP contribution in [0.25, 0.3) is 10.1 Å². The number of amides is 1. The molecule has 2 aliphatic rings. The second-order valence-electron chi connectivity index (χ2n) is 7.94. The first-order valence-corrected chi connectivity index (χ1v) is 11.4. The molecule has 0 spiro atoms. The summed E-state index contributed by atoms with van der Waals surface area (Å²) in [5.74, 6) is 1.79. The minimum absolute atomic E-state index is 0.0465. The highest BCUT2D eigenvalue weighted by Gasteiger charge is 2.22. The molecule has 1 aromatic heterocycles. The van der Waals surface area contributed by atoms with E-state index >= 15 is 0 Å². The van der Waals surface area contributed by atoms with Gasteiger partial charge in [-0.2, -0.15) is 0 Å². The number of hydrogen-bond acceptors (Lipinski definition) is 6. The maximum Gasteiger partial charge on any atom is 0.268 e. The lowest BCUT2D eigenvalue weighted by Gasteiger charge is -2.34. The van der Waals surface area contributed by atoms with Crippen molar-refractivity contribution >= 4 is 27.5 Å². The lowest BCUT2D eigenvalue weighted by Crippen LogP contribution is -2.48. The van der Waals surface area contributed by atoms with E-state index in [4.69, 9.17) is 9.47 Å². The van der Waals surface area contributed by atoms with Gasteiger partial charge in [-0.15, -0.1) is 0 Å². The Morgan fingerprint density at radius 1 is 1.00 bits per heavy atom. The molecule has 0 aliphatic carbocycles. The molecule has 7 nitrogen and oxygen atoms in total. The van der Waals surface area contributed by atoms with E-state index < -0.39 is 0 Å². The number of hydrogen-bond donors (Lipinski definition) is 0. The Bertz CT molecular complexity index is 1150. The van der Waals surface area contributed by atoms with Crippen LogP contribution in [0.4, 0.5) is 0 Å². The first-order valence-electron chi connectivity index (χ1n) is 10.6. The number of nitrogens with zero attached hydrogens (tertiary/aromatic N) is 3. The summed E-state index contributed by atoms with van der Waals surface area (Å²) in [6, 6.07) is 13.7. The summed E-state index contributed by atoms with van der Waals surface area (Å²) in [6.45, 7) is 4.92. The van der Waals surface area contributed by atoms with Gasteiger partial charge in [-0.1, -0.05) is 29.7 Å². The first-order chi connectivity index (χ1) is 15.2. The number of benzene rings is 2. The van der Waals surface area contributed by atoms with Gasteiger partial charge in [0.25, 0.3) is 5.56 Å². The summed E-state index contributed by atoms with van der Waals surface area (Å²) in [6.07, 6.45) is 1.16. The maximum atomic E-state index is 12.6. The van der Waals surface area contributed by atoms with Gasteiger partial charge in [0, 0.05) is 45.7 Å². The van der Waals surface area contributed by atoms with Crippen molar-refractivity contribution in [1.29, 1.82) is 0 Å². The van der Waals surface area contributed by atoms with Crippen molar-refractivity contribution in [2.45, 2.75) is 25.9 Å². The molecule has 0 radical (unpaired) electrons. The molecule has 2 aliphatic heterocycles. The van der Waals surface area contributed by atoms with Crippen molar-refractivity contribution in [1.82, 2.24) is 13.8 Å². The molecule has 1 fully saturated rings. The van der Waals surface area contributed by atoms with E-state index in [0.717, 1.165) is 54.3 Å². The van der Waals surface area contributed by atoms with E-state index in [9.17, 15) is 9.59 Å².